The van der Waals surface area contributed by atoms with Gasteiger partial charge >= 0.3 is 0 Å². The largest absolute Gasteiger partial charge is 0.490 e. The number of benzene rings is 2. The molecular weight excluding hydrogens is 490 g/mol. The van der Waals surface area contributed by atoms with E-state index in [4.69, 9.17) is 9.72 Å². The quantitative estimate of drug-likeness (QED) is 0.214. The molecule has 0 fully saturated rings. The highest BCUT2D eigenvalue weighted by molar-refractivity contribution is 5.83. The van der Waals surface area contributed by atoms with Gasteiger partial charge in [-0.05, 0) is 38.0 Å². The van der Waals surface area contributed by atoms with Crippen LogP contribution >= 0.6 is 0 Å². The van der Waals surface area contributed by atoms with Gasteiger partial charge in [0.2, 0.25) is 12.4 Å². The lowest BCUT2D eigenvalue weighted by atomic mass is 10.1. The van der Waals surface area contributed by atoms with Gasteiger partial charge in [0.1, 0.15) is 12.1 Å². The number of aryl methyl sites for hydroxylation is 1. The van der Waals surface area contributed by atoms with E-state index < -0.39 is 11.6 Å². The highest BCUT2D eigenvalue weighted by Gasteiger charge is 2.22. The zero-order valence-electron chi connectivity index (χ0n) is 21.6. The topological polar surface area (TPSA) is 85.2 Å². The summed E-state index contributed by atoms with van der Waals surface area (Å²) in [6.07, 6.45) is 12.6. The van der Waals surface area contributed by atoms with Gasteiger partial charge in [-0.2, -0.15) is 4.98 Å². The van der Waals surface area contributed by atoms with Crippen LogP contribution in [0.25, 0.3) is 17.0 Å². The Kier molecular flexibility index (Phi) is 9.71. The van der Waals surface area contributed by atoms with E-state index in [0.717, 1.165) is 12.8 Å². The number of anilines is 2. The average molecular weight is 521 g/mol. The van der Waals surface area contributed by atoms with Gasteiger partial charge < -0.3 is 10.1 Å². The van der Waals surface area contributed by atoms with E-state index in [1.54, 1.807) is 36.7 Å². The maximum absolute atomic E-state index is 14.5. The number of carbonyl (C=O) groups is 1. The minimum Gasteiger partial charge on any atom is -0.490 e. The Bertz CT molecular complexity index is 1420. The summed E-state index contributed by atoms with van der Waals surface area (Å²) in [6.45, 7) is 4.14. The Morgan fingerprint density at radius 3 is 2.63 bits per heavy atom. The zero-order chi connectivity index (χ0) is 27.7. The van der Waals surface area contributed by atoms with Crippen LogP contribution in [0.5, 0.6) is 5.75 Å². The van der Waals surface area contributed by atoms with Crippen molar-refractivity contribution in [2.24, 2.45) is 0 Å². The molecule has 198 valence electrons. The third-order valence-corrected chi connectivity index (χ3v) is 5.77. The van der Waals surface area contributed by atoms with E-state index in [1.807, 2.05) is 0 Å². The minimum atomic E-state index is -0.507. The van der Waals surface area contributed by atoms with Gasteiger partial charge in [0, 0.05) is 18.7 Å². The summed E-state index contributed by atoms with van der Waals surface area (Å²) in [5, 5.41) is 3.13. The highest BCUT2D eigenvalue weighted by Crippen LogP contribution is 2.32. The molecule has 0 atom stereocenters. The van der Waals surface area contributed by atoms with Crippen LogP contribution in [-0.2, 0) is 17.8 Å². The second-order valence-electron chi connectivity index (χ2n) is 8.16. The summed E-state index contributed by atoms with van der Waals surface area (Å²) < 4.78 is 35.6. The fraction of sp³-hybridized carbons (Fsp3) is 0.286. The number of ether oxygens (including phenoxy) is 1. The molecule has 0 aliphatic heterocycles. The molecule has 0 aliphatic rings. The number of fused-ring (bicyclic) bond motifs is 1. The van der Waals surface area contributed by atoms with Crippen LogP contribution in [0.15, 0.2) is 42.7 Å². The molecule has 0 saturated carbocycles. The number of aromatic nitrogens is 4. The van der Waals surface area contributed by atoms with Crippen molar-refractivity contribution in [1.82, 2.24) is 19.5 Å². The molecule has 4 aromatic rings. The number of hydrogen-bond acceptors (Lipinski definition) is 6. The van der Waals surface area contributed by atoms with E-state index in [0.29, 0.717) is 46.6 Å². The molecule has 2 heterocycles. The molecule has 2 aromatic carbocycles. The number of imidazole rings is 1. The number of para-hydroxylation sites is 1. The van der Waals surface area contributed by atoms with Crippen LogP contribution in [0.4, 0.5) is 20.3 Å². The SMILES string of the molecule is C#C.CCCCc1nc(-n2cnc3ccc(F)cc32)nc(N(C=O)Cc2cccc(F)c2OCC)c1NC. The van der Waals surface area contributed by atoms with Crippen molar-refractivity contribution in [3.05, 3.63) is 65.6 Å². The molecule has 2 aromatic heterocycles. The summed E-state index contributed by atoms with van der Waals surface area (Å²) in [7, 11) is 1.73. The first-order valence-electron chi connectivity index (χ1n) is 12.2. The first kappa shape index (κ1) is 28.1. The molecule has 0 aliphatic carbocycles. The lowest BCUT2D eigenvalue weighted by Crippen LogP contribution is -2.25. The lowest BCUT2D eigenvalue weighted by Gasteiger charge is -2.23. The maximum Gasteiger partial charge on any atom is 0.237 e. The fourth-order valence-corrected chi connectivity index (χ4v) is 4.05. The first-order valence-corrected chi connectivity index (χ1v) is 12.2. The van der Waals surface area contributed by atoms with E-state index >= 15 is 0 Å². The van der Waals surface area contributed by atoms with Crippen molar-refractivity contribution < 1.29 is 18.3 Å². The van der Waals surface area contributed by atoms with Gasteiger partial charge in [0.05, 0.1) is 35.6 Å². The number of unbranched alkanes of at least 4 members (excludes halogenated alkanes) is 1. The van der Waals surface area contributed by atoms with Gasteiger partial charge in [0.25, 0.3) is 0 Å². The molecule has 0 saturated heterocycles. The summed E-state index contributed by atoms with van der Waals surface area (Å²) in [6, 6.07) is 8.87. The second-order valence-corrected chi connectivity index (χ2v) is 8.16. The predicted octanol–water partition coefficient (Wildman–Crippen LogP) is 5.29. The van der Waals surface area contributed by atoms with Crippen LogP contribution in [0, 0.1) is 24.5 Å². The molecule has 38 heavy (non-hydrogen) atoms. The number of terminal acetylenes is 1. The van der Waals surface area contributed by atoms with Crippen LogP contribution in [0.2, 0.25) is 0 Å². The number of carbonyl (C=O) groups excluding carboxylic acids is 1. The van der Waals surface area contributed by atoms with Crippen LogP contribution in [0.1, 0.15) is 37.9 Å². The van der Waals surface area contributed by atoms with Gasteiger partial charge in [-0.3, -0.25) is 14.3 Å². The van der Waals surface area contributed by atoms with Crippen molar-refractivity contribution in [2.45, 2.75) is 39.7 Å². The molecule has 4 rings (SSSR count). The van der Waals surface area contributed by atoms with Crippen molar-refractivity contribution in [2.75, 3.05) is 23.9 Å². The Labute approximate surface area is 220 Å². The van der Waals surface area contributed by atoms with E-state index in [1.165, 1.54) is 29.4 Å². The summed E-state index contributed by atoms with van der Waals surface area (Å²) in [5.74, 6) is -0.262. The Balaban J connectivity index is 0.00000195. The average Bonchev–Trinajstić information content (AvgIpc) is 3.36. The number of hydrogen-bond donors (Lipinski definition) is 1. The lowest BCUT2D eigenvalue weighted by molar-refractivity contribution is -0.107. The zero-order valence-corrected chi connectivity index (χ0v) is 21.6. The molecule has 0 unspecified atom stereocenters. The van der Waals surface area contributed by atoms with Gasteiger partial charge in [-0.15, -0.1) is 12.8 Å². The molecule has 8 nitrogen and oxygen atoms in total. The van der Waals surface area contributed by atoms with Crippen LogP contribution in [0.3, 0.4) is 0 Å². The van der Waals surface area contributed by atoms with Crippen molar-refractivity contribution in [3.63, 3.8) is 0 Å². The molecule has 1 amide bonds. The molecule has 10 heteroatoms. The van der Waals surface area contributed by atoms with Gasteiger partial charge in [-0.25, -0.2) is 18.7 Å². The Morgan fingerprint density at radius 1 is 1.16 bits per heavy atom. The Hall–Kier alpha value is -4.52. The number of amides is 1. The smallest absolute Gasteiger partial charge is 0.237 e. The number of nitrogens with one attached hydrogen (secondary N) is 1. The first-order chi connectivity index (χ1) is 18.5. The number of nitrogens with zero attached hydrogens (tertiary/aromatic N) is 5. The van der Waals surface area contributed by atoms with Crippen molar-refractivity contribution in [3.8, 4) is 24.5 Å². The molecule has 1 N–H and O–H groups in total. The standard InChI is InChI=1S/C26H28F2N6O2.C2H2/c1-4-6-10-21-23(29-3)25(33(16-35)14-17-8-7-9-19(28)24(17)36-5-2)32-26(31-21)34-15-30-20-12-11-18(27)13-22(20)34;1-2/h7-9,11-13,15-16,29H,4-6,10,14H2,1-3H3;1-2H. The third-order valence-electron chi connectivity index (χ3n) is 5.77. The molecular formula is C28H30F2N6O2. The summed E-state index contributed by atoms with van der Waals surface area (Å²) >= 11 is 0. The van der Waals surface area contributed by atoms with Crippen LogP contribution < -0.4 is 15.0 Å². The van der Waals surface area contributed by atoms with Crippen LogP contribution in [-0.4, -0.2) is 39.6 Å². The minimum absolute atomic E-state index is 0.0221. The monoisotopic (exact) mass is 520 g/mol. The highest BCUT2D eigenvalue weighted by atomic mass is 19.1. The predicted molar refractivity (Wildman–Crippen MR) is 144 cm³/mol. The Morgan fingerprint density at radius 2 is 1.95 bits per heavy atom. The van der Waals surface area contributed by atoms with Gasteiger partial charge in [0.15, 0.2) is 17.4 Å². The maximum atomic E-state index is 14.5. The number of rotatable bonds is 11. The van der Waals surface area contributed by atoms with Crippen molar-refractivity contribution >= 4 is 28.9 Å². The van der Waals surface area contributed by atoms with Crippen molar-refractivity contribution in [1.29, 1.82) is 0 Å². The summed E-state index contributed by atoms with van der Waals surface area (Å²) in [4.78, 5) is 27.5. The fourth-order valence-electron chi connectivity index (χ4n) is 4.05. The molecule has 0 bridgehead atoms. The van der Waals surface area contributed by atoms with Gasteiger partial charge in [-0.1, -0.05) is 25.5 Å². The normalized spacial score (nSPS) is 10.5. The number of halogens is 2. The summed E-state index contributed by atoms with van der Waals surface area (Å²) in [5.41, 5.74) is 2.87. The van der Waals surface area contributed by atoms with E-state index in [-0.39, 0.29) is 24.8 Å². The molecule has 0 spiro atoms. The second kappa shape index (κ2) is 13.1. The third kappa shape index (κ3) is 5.89. The van der Waals surface area contributed by atoms with E-state index in [9.17, 15) is 13.6 Å². The van der Waals surface area contributed by atoms with E-state index in [2.05, 4.69) is 35.1 Å². The molecule has 0 radical (unpaired) electrons.